The Labute approximate surface area is 113 Å². The van der Waals surface area contributed by atoms with Crippen LogP contribution in [0.25, 0.3) is 0 Å². The number of thiophene rings is 1. The smallest absolute Gasteiger partial charge is 0.274 e. The van der Waals surface area contributed by atoms with E-state index < -0.39 is 4.92 Å². The molecule has 2 aromatic rings. The van der Waals surface area contributed by atoms with Gasteiger partial charge in [0, 0.05) is 17.1 Å². The quantitative estimate of drug-likeness (QED) is 0.683. The van der Waals surface area contributed by atoms with E-state index in [9.17, 15) is 10.1 Å². The fraction of sp³-hybridized carbons (Fsp3) is 0.182. The van der Waals surface area contributed by atoms with E-state index in [2.05, 4.69) is 10.3 Å². The van der Waals surface area contributed by atoms with E-state index in [4.69, 9.17) is 11.6 Å². The van der Waals surface area contributed by atoms with E-state index in [0.29, 0.717) is 10.2 Å². The summed E-state index contributed by atoms with van der Waals surface area (Å²) in [6.45, 7) is 1.95. The first-order chi connectivity index (χ1) is 8.56. The lowest BCUT2D eigenvalue weighted by atomic mass is 10.2. The predicted molar refractivity (Wildman–Crippen MR) is 72.3 cm³/mol. The maximum Gasteiger partial charge on any atom is 0.274 e. The van der Waals surface area contributed by atoms with Gasteiger partial charge in [0.05, 0.1) is 21.4 Å². The normalized spacial score (nSPS) is 12.1. The van der Waals surface area contributed by atoms with Crippen molar-refractivity contribution >= 4 is 34.4 Å². The standard InChI is InChI=1S/C11H10ClN3O2S/c1-7(9-2-3-10(12)18-9)14-11-6-8(15(16)17)4-5-13-11/h2-7H,1H3,(H,13,14). The second kappa shape index (κ2) is 5.32. The van der Waals surface area contributed by atoms with Gasteiger partial charge in [-0.25, -0.2) is 4.98 Å². The molecule has 0 aliphatic carbocycles. The average Bonchev–Trinajstić information content (AvgIpc) is 2.76. The third-order valence-corrected chi connectivity index (χ3v) is 3.75. The molecule has 1 N–H and O–H groups in total. The molecule has 0 aliphatic heterocycles. The zero-order valence-electron chi connectivity index (χ0n) is 9.46. The molecule has 1 unspecified atom stereocenters. The van der Waals surface area contributed by atoms with Crippen LogP contribution in [0.15, 0.2) is 30.5 Å². The van der Waals surface area contributed by atoms with Gasteiger partial charge in [-0.15, -0.1) is 11.3 Å². The number of hydrogen-bond donors (Lipinski definition) is 1. The third-order valence-electron chi connectivity index (χ3n) is 2.34. The molecule has 94 valence electrons. The van der Waals surface area contributed by atoms with Gasteiger partial charge in [-0.3, -0.25) is 10.1 Å². The zero-order valence-corrected chi connectivity index (χ0v) is 11.0. The van der Waals surface area contributed by atoms with E-state index in [1.165, 1.54) is 29.7 Å². The molecule has 0 spiro atoms. The largest absolute Gasteiger partial charge is 0.363 e. The van der Waals surface area contributed by atoms with Crippen molar-refractivity contribution in [3.8, 4) is 0 Å². The lowest BCUT2D eigenvalue weighted by molar-refractivity contribution is -0.384. The van der Waals surface area contributed by atoms with Crippen molar-refractivity contribution in [3.05, 3.63) is 49.8 Å². The summed E-state index contributed by atoms with van der Waals surface area (Å²) in [4.78, 5) is 15.3. The van der Waals surface area contributed by atoms with Crippen LogP contribution in [0.1, 0.15) is 17.8 Å². The molecule has 0 saturated heterocycles. The fourth-order valence-electron chi connectivity index (χ4n) is 1.47. The second-order valence-corrected chi connectivity index (χ2v) is 5.41. The molecule has 0 saturated carbocycles. The van der Waals surface area contributed by atoms with Gasteiger partial charge < -0.3 is 5.32 Å². The molecule has 2 rings (SSSR count). The summed E-state index contributed by atoms with van der Waals surface area (Å²) >= 11 is 7.33. The summed E-state index contributed by atoms with van der Waals surface area (Å²) < 4.78 is 0.714. The molecule has 0 aliphatic rings. The van der Waals surface area contributed by atoms with Crippen LogP contribution in [0.5, 0.6) is 0 Å². The molecule has 2 aromatic heterocycles. The van der Waals surface area contributed by atoms with Crippen LogP contribution in [0.4, 0.5) is 11.5 Å². The van der Waals surface area contributed by atoms with Crippen molar-refractivity contribution in [2.75, 3.05) is 5.32 Å². The number of rotatable bonds is 4. The van der Waals surface area contributed by atoms with Crippen LogP contribution < -0.4 is 5.32 Å². The summed E-state index contributed by atoms with van der Waals surface area (Å²) in [5, 5.41) is 13.7. The average molecular weight is 284 g/mol. The van der Waals surface area contributed by atoms with Gasteiger partial charge >= 0.3 is 0 Å². The fourth-order valence-corrected chi connectivity index (χ4v) is 2.53. The molecule has 0 fully saturated rings. The Balaban J connectivity index is 2.14. The molecule has 0 bridgehead atoms. The van der Waals surface area contributed by atoms with E-state index in [0.717, 1.165) is 4.88 Å². The summed E-state index contributed by atoms with van der Waals surface area (Å²) in [5.41, 5.74) is 0.0175. The van der Waals surface area contributed by atoms with Gasteiger partial charge in [0.1, 0.15) is 5.82 Å². The number of nitrogens with one attached hydrogen (secondary N) is 1. The molecule has 18 heavy (non-hydrogen) atoms. The topological polar surface area (TPSA) is 68.1 Å². The van der Waals surface area contributed by atoms with Gasteiger partial charge in [0.2, 0.25) is 0 Å². The summed E-state index contributed by atoms with van der Waals surface area (Å²) in [5.74, 6) is 0.473. The molecule has 0 radical (unpaired) electrons. The van der Waals surface area contributed by atoms with Crippen molar-refractivity contribution < 1.29 is 4.92 Å². The number of nitro groups is 1. The van der Waals surface area contributed by atoms with Gasteiger partial charge in [-0.05, 0) is 19.1 Å². The lowest BCUT2D eigenvalue weighted by Crippen LogP contribution is -2.06. The first kappa shape index (κ1) is 12.8. The SMILES string of the molecule is CC(Nc1cc([N+](=O)[O-])ccn1)c1ccc(Cl)s1. The summed E-state index contributed by atoms with van der Waals surface area (Å²) in [7, 11) is 0. The number of hydrogen-bond acceptors (Lipinski definition) is 5. The van der Waals surface area contributed by atoms with E-state index in [1.54, 1.807) is 0 Å². The van der Waals surface area contributed by atoms with Crippen LogP contribution in [-0.2, 0) is 0 Å². The molecule has 7 heteroatoms. The van der Waals surface area contributed by atoms with Gasteiger partial charge in [-0.1, -0.05) is 11.6 Å². The van der Waals surface area contributed by atoms with Gasteiger partial charge in [0.15, 0.2) is 0 Å². The molecular weight excluding hydrogens is 274 g/mol. The van der Waals surface area contributed by atoms with Crippen LogP contribution in [0, 0.1) is 10.1 Å². The predicted octanol–water partition coefficient (Wildman–Crippen LogP) is 3.88. The highest BCUT2D eigenvalue weighted by Crippen LogP contribution is 2.29. The van der Waals surface area contributed by atoms with Crippen LogP contribution in [0.3, 0.4) is 0 Å². The Morgan fingerprint density at radius 1 is 1.50 bits per heavy atom. The zero-order chi connectivity index (χ0) is 13.1. The summed E-state index contributed by atoms with van der Waals surface area (Å²) in [6, 6.07) is 6.50. The molecule has 0 aromatic carbocycles. The Morgan fingerprint density at radius 3 is 2.89 bits per heavy atom. The van der Waals surface area contributed by atoms with Crippen LogP contribution >= 0.6 is 22.9 Å². The van der Waals surface area contributed by atoms with Crippen molar-refractivity contribution in [1.82, 2.24) is 4.98 Å². The molecular formula is C11H10ClN3O2S. The first-order valence-electron chi connectivity index (χ1n) is 5.18. The van der Waals surface area contributed by atoms with E-state index >= 15 is 0 Å². The molecule has 1 atom stereocenters. The maximum atomic E-state index is 10.6. The minimum atomic E-state index is -0.445. The number of aromatic nitrogens is 1. The van der Waals surface area contributed by atoms with Crippen molar-refractivity contribution in [2.24, 2.45) is 0 Å². The Hall–Kier alpha value is -1.66. The van der Waals surface area contributed by atoms with E-state index in [1.807, 2.05) is 19.1 Å². The third kappa shape index (κ3) is 2.96. The minimum Gasteiger partial charge on any atom is -0.363 e. The number of nitrogens with zero attached hydrogens (tertiary/aromatic N) is 2. The number of anilines is 1. The Morgan fingerprint density at radius 2 is 2.28 bits per heavy atom. The monoisotopic (exact) mass is 283 g/mol. The Kier molecular flexibility index (Phi) is 3.78. The second-order valence-electron chi connectivity index (χ2n) is 3.66. The number of pyridine rings is 1. The highest BCUT2D eigenvalue weighted by Gasteiger charge is 2.11. The van der Waals surface area contributed by atoms with Gasteiger partial charge in [-0.2, -0.15) is 0 Å². The highest BCUT2D eigenvalue weighted by molar-refractivity contribution is 7.16. The molecule has 2 heterocycles. The highest BCUT2D eigenvalue weighted by atomic mass is 35.5. The lowest BCUT2D eigenvalue weighted by Gasteiger charge is -2.12. The van der Waals surface area contributed by atoms with Gasteiger partial charge in [0.25, 0.3) is 5.69 Å². The molecule has 0 amide bonds. The van der Waals surface area contributed by atoms with Crippen molar-refractivity contribution in [1.29, 1.82) is 0 Å². The number of halogens is 1. The Bertz CT molecular complexity index is 573. The maximum absolute atomic E-state index is 10.6. The summed E-state index contributed by atoms with van der Waals surface area (Å²) in [6.07, 6.45) is 1.41. The van der Waals surface area contributed by atoms with E-state index in [-0.39, 0.29) is 11.7 Å². The minimum absolute atomic E-state index is 0.00277. The van der Waals surface area contributed by atoms with Crippen LogP contribution in [-0.4, -0.2) is 9.91 Å². The van der Waals surface area contributed by atoms with Crippen LogP contribution in [0.2, 0.25) is 4.34 Å². The molecule has 5 nitrogen and oxygen atoms in total. The van der Waals surface area contributed by atoms with Crippen molar-refractivity contribution in [2.45, 2.75) is 13.0 Å². The van der Waals surface area contributed by atoms with Crippen molar-refractivity contribution in [3.63, 3.8) is 0 Å². The first-order valence-corrected chi connectivity index (χ1v) is 6.38.